The molecule has 3 heterocycles. The number of nitrogens with zero attached hydrogens (tertiary/aromatic N) is 4. The summed E-state index contributed by atoms with van der Waals surface area (Å²) >= 11 is 0. The van der Waals surface area contributed by atoms with E-state index < -0.39 is 6.03 Å². The molecule has 162 valence electrons. The Morgan fingerprint density at radius 3 is 2.84 bits per heavy atom. The van der Waals surface area contributed by atoms with Crippen LogP contribution in [0, 0.1) is 6.92 Å². The number of amides is 4. The first-order valence-electron chi connectivity index (χ1n) is 10.00. The third-order valence-electron chi connectivity index (χ3n) is 5.57. The highest BCUT2D eigenvalue weighted by atomic mass is 16.2. The topological polar surface area (TPSA) is 115 Å². The van der Waals surface area contributed by atoms with Gasteiger partial charge >= 0.3 is 6.03 Å². The summed E-state index contributed by atoms with van der Waals surface area (Å²) in [6.07, 6.45) is 0.900. The van der Waals surface area contributed by atoms with Crippen LogP contribution in [0.1, 0.15) is 17.8 Å². The number of benzene rings is 1. The van der Waals surface area contributed by atoms with E-state index in [0.717, 1.165) is 27.2 Å². The van der Waals surface area contributed by atoms with Crippen LogP contribution in [0.4, 0.5) is 16.6 Å². The van der Waals surface area contributed by atoms with Crippen molar-refractivity contribution in [1.82, 2.24) is 24.8 Å². The quantitative estimate of drug-likeness (QED) is 0.522. The molecule has 0 saturated carbocycles. The number of imidazole rings is 1. The van der Waals surface area contributed by atoms with E-state index in [4.69, 9.17) is 0 Å². The van der Waals surface area contributed by atoms with E-state index in [2.05, 4.69) is 20.6 Å². The summed E-state index contributed by atoms with van der Waals surface area (Å²) in [4.78, 5) is 46.4. The number of carbonyl (C=O) groups excluding carboxylic acids is 3. The molecule has 1 unspecified atom stereocenters. The maximum Gasteiger partial charge on any atom is 0.332 e. The van der Waals surface area contributed by atoms with E-state index in [1.54, 1.807) is 7.05 Å². The van der Waals surface area contributed by atoms with Gasteiger partial charge in [0.1, 0.15) is 0 Å². The largest absolute Gasteiger partial charge is 0.357 e. The average Bonchev–Trinajstić information content (AvgIpc) is 3.44. The van der Waals surface area contributed by atoms with E-state index in [1.165, 1.54) is 4.90 Å². The first-order valence-corrected chi connectivity index (χ1v) is 10.00. The van der Waals surface area contributed by atoms with Crippen molar-refractivity contribution in [3.8, 4) is 0 Å². The van der Waals surface area contributed by atoms with Gasteiger partial charge < -0.3 is 20.2 Å². The number of hydrogen-bond acceptors (Lipinski definition) is 5. The summed E-state index contributed by atoms with van der Waals surface area (Å²) in [7, 11) is 3.42. The highest BCUT2D eigenvalue weighted by molar-refractivity contribution is 5.97. The minimum absolute atomic E-state index is 0.00504. The normalized spacial score (nSPS) is 15.7. The molecule has 10 heteroatoms. The van der Waals surface area contributed by atoms with Crippen molar-refractivity contribution in [2.45, 2.75) is 25.9 Å². The van der Waals surface area contributed by atoms with Crippen LogP contribution in [0.25, 0.3) is 10.9 Å². The molecule has 1 atom stereocenters. The van der Waals surface area contributed by atoms with Crippen molar-refractivity contribution in [2.24, 2.45) is 7.05 Å². The van der Waals surface area contributed by atoms with Gasteiger partial charge in [-0.1, -0.05) is 18.2 Å². The van der Waals surface area contributed by atoms with Gasteiger partial charge in [-0.3, -0.25) is 19.4 Å². The maximum atomic E-state index is 13.0. The van der Waals surface area contributed by atoms with Crippen molar-refractivity contribution >= 4 is 41.0 Å². The number of aromatic amines is 1. The molecular formula is C21H25N7O3. The molecule has 2 aromatic heterocycles. The predicted octanol–water partition coefficient (Wildman–Crippen LogP) is 1.73. The summed E-state index contributed by atoms with van der Waals surface area (Å²) in [5, 5.41) is 7.02. The monoisotopic (exact) mass is 423 g/mol. The minimum Gasteiger partial charge on any atom is -0.357 e. The number of carbonyl (C=O) groups is 3. The number of urea groups is 1. The molecule has 4 amide bonds. The number of para-hydroxylation sites is 1. The molecule has 1 saturated heterocycles. The third kappa shape index (κ3) is 3.96. The molecular weight excluding hydrogens is 398 g/mol. The molecule has 31 heavy (non-hydrogen) atoms. The fourth-order valence-corrected chi connectivity index (χ4v) is 3.74. The van der Waals surface area contributed by atoms with Crippen LogP contribution in [-0.2, 0) is 23.2 Å². The Morgan fingerprint density at radius 2 is 2.16 bits per heavy atom. The van der Waals surface area contributed by atoms with Gasteiger partial charge in [0, 0.05) is 38.3 Å². The zero-order chi connectivity index (χ0) is 22.1. The molecule has 1 aliphatic heterocycles. The van der Waals surface area contributed by atoms with Gasteiger partial charge in [0.05, 0.1) is 18.3 Å². The summed E-state index contributed by atoms with van der Waals surface area (Å²) in [6.45, 7) is 2.49. The van der Waals surface area contributed by atoms with Crippen LogP contribution < -0.4 is 15.5 Å². The average molecular weight is 423 g/mol. The zero-order valence-electron chi connectivity index (χ0n) is 17.7. The number of aromatic nitrogens is 3. The Morgan fingerprint density at radius 1 is 1.39 bits per heavy atom. The third-order valence-corrected chi connectivity index (χ3v) is 5.57. The van der Waals surface area contributed by atoms with E-state index in [-0.39, 0.29) is 18.5 Å². The second kappa shape index (κ2) is 8.13. The van der Waals surface area contributed by atoms with Gasteiger partial charge in [-0.2, -0.15) is 4.98 Å². The van der Waals surface area contributed by atoms with E-state index in [0.29, 0.717) is 31.1 Å². The molecule has 0 aliphatic carbocycles. The van der Waals surface area contributed by atoms with Crippen molar-refractivity contribution < 1.29 is 14.4 Å². The lowest BCUT2D eigenvalue weighted by Gasteiger charge is -2.22. The minimum atomic E-state index is -0.487. The molecule has 10 nitrogen and oxygen atoms in total. The lowest BCUT2D eigenvalue weighted by atomic mass is 10.2. The Kier molecular flexibility index (Phi) is 5.37. The highest BCUT2D eigenvalue weighted by Gasteiger charge is 2.27. The number of imide groups is 1. The lowest BCUT2D eigenvalue weighted by molar-refractivity contribution is -0.119. The summed E-state index contributed by atoms with van der Waals surface area (Å²) in [5.74, 6) is 0.993. The highest BCUT2D eigenvalue weighted by Crippen LogP contribution is 2.24. The number of fused-ring (bicyclic) bond motifs is 1. The fraction of sp³-hybridized carbons (Fsp3) is 0.333. The Bertz CT molecular complexity index is 1120. The van der Waals surface area contributed by atoms with Gasteiger partial charge in [-0.25, -0.2) is 4.79 Å². The number of nitrogens with one attached hydrogen (secondary N) is 3. The predicted molar refractivity (Wildman–Crippen MR) is 117 cm³/mol. The Balaban J connectivity index is 1.51. The van der Waals surface area contributed by atoms with Crippen molar-refractivity contribution in [2.75, 3.05) is 23.8 Å². The molecule has 3 aromatic rings. The van der Waals surface area contributed by atoms with Crippen molar-refractivity contribution in [3.05, 3.63) is 41.7 Å². The molecule has 3 N–H and O–H groups in total. The number of hydrogen-bond donors (Lipinski definition) is 3. The van der Waals surface area contributed by atoms with Crippen LogP contribution in [0.15, 0.2) is 30.3 Å². The summed E-state index contributed by atoms with van der Waals surface area (Å²) in [5.41, 5.74) is 2.46. The molecule has 1 aromatic carbocycles. The first-order chi connectivity index (χ1) is 14.9. The van der Waals surface area contributed by atoms with Crippen LogP contribution >= 0.6 is 0 Å². The second-order valence-electron chi connectivity index (χ2n) is 7.71. The maximum absolute atomic E-state index is 13.0. The molecule has 1 fully saturated rings. The van der Waals surface area contributed by atoms with Gasteiger partial charge in [-0.15, -0.1) is 0 Å². The van der Waals surface area contributed by atoms with Gasteiger partial charge in [-0.05, 0) is 24.4 Å². The summed E-state index contributed by atoms with van der Waals surface area (Å²) < 4.78 is 1.82. The lowest BCUT2D eigenvalue weighted by Crippen LogP contribution is -2.40. The van der Waals surface area contributed by atoms with E-state index >= 15 is 0 Å². The standard InChI is InChI=1S/C21H25N7O3/c1-13-19(25-20(26(13)2)24-15-9-18(30)22-10-15)27(3)21(31)28(12-29)11-16-8-14-6-4-5-7-17(14)23-16/h4-8,12,15,23H,9-11H2,1-3H3,(H,22,30)(H,24,25). The Hall–Kier alpha value is -3.82. The first kappa shape index (κ1) is 20.5. The second-order valence-corrected chi connectivity index (χ2v) is 7.71. The molecule has 1 aliphatic rings. The fourth-order valence-electron chi connectivity index (χ4n) is 3.74. The zero-order valence-corrected chi connectivity index (χ0v) is 17.7. The van der Waals surface area contributed by atoms with Crippen LogP contribution in [0.3, 0.4) is 0 Å². The van der Waals surface area contributed by atoms with Gasteiger partial charge in [0.25, 0.3) is 0 Å². The van der Waals surface area contributed by atoms with Gasteiger partial charge in [0.15, 0.2) is 5.82 Å². The van der Waals surface area contributed by atoms with Crippen molar-refractivity contribution in [1.29, 1.82) is 0 Å². The van der Waals surface area contributed by atoms with E-state index in [1.807, 2.05) is 48.9 Å². The van der Waals surface area contributed by atoms with Gasteiger partial charge in [0.2, 0.25) is 18.3 Å². The smallest absolute Gasteiger partial charge is 0.332 e. The van der Waals surface area contributed by atoms with E-state index in [9.17, 15) is 14.4 Å². The van der Waals surface area contributed by atoms with Crippen LogP contribution in [0.5, 0.6) is 0 Å². The molecule has 0 bridgehead atoms. The molecule has 0 radical (unpaired) electrons. The Labute approximate surface area is 179 Å². The molecule has 0 spiro atoms. The number of H-pyrrole nitrogens is 1. The number of rotatable bonds is 6. The SMILES string of the molecule is Cc1c(N(C)C(=O)N(C=O)Cc2cc3ccccc3[nH]2)nc(NC2CNC(=O)C2)n1C. The van der Waals surface area contributed by atoms with Crippen LogP contribution in [0.2, 0.25) is 0 Å². The summed E-state index contributed by atoms with van der Waals surface area (Å²) in [6, 6.07) is 9.14. The molecule has 4 rings (SSSR count). The van der Waals surface area contributed by atoms with Crippen LogP contribution in [-0.4, -0.2) is 57.4 Å². The number of anilines is 2. The van der Waals surface area contributed by atoms with Crippen molar-refractivity contribution in [3.63, 3.8) is 0 Å².